The minimum Gasteiger partial charge on any atom is -0.324 e. The molecule has 1 saturated heterocycles. The number of anilines is 1. The van der Waals surface area contributed by atoms with E-state index in [1.165, 1.54) is 12.1 Å². The van der Waals surface area contributed by atoms with E-state index in [0.29, 0.717) is 19.5 Å². The largest absolute Gasteiger partial charge is 0.324 e. The average molecular weight is 349 g/mol. The molecule has 4 nitrogen and oxygen atoms in total. The smallest absolute Gasteiger partial charge is 0.227 e. The fourth-order valence-electron chi connectivity index (χ4n) is 3.59. The van der Waals surface area contributed by atoms with Gasteiger partial charge in [-0.25, -0.2) is 9.37 Å². The summed E-state index contributed by atoms with van der Waals surface area (Å²) in [4.78, 5) is 19.1. The third-order valence-electron chi connectivity index (χ3n) is 4.74. The molecule has 26 heavy (non-hydrogen) atoms. The molecule has 1 unspecified atom stereocenters. The number of hydrogen-bond acceptors (Lipinski definition) is 2. The van der Waals surface area contributed by atoms with Gasteiger partial charge in [-0.05, 0) is 43.3 Å². The van der Waals surface area contributed by atoms with Gasteiger partial charge >= 0.3 is 0 Å². The Bertz CT molecular complexity index is 990. The van der Waals surface area contributed by atoms with Crippen LogP contribution in [0.15, 0.2) is 60.7 Å². The highest BCUT2D eigenvalue weighted by atomic mass is 19.1. The van der Waals surface area contributed by atoms with Crippen molar-refractivity contribution in [1.29, 1.82) is 0 Å². The minimum absolute atomic E-state index is 0.000645. The van der Waals surface area contributed by atoms with Crippen LogP contribution in [0.5, 0.6) is 0 Å². The Morgan fingerprint density at radius 3 is 2.69 bits per heavy atom. The number of rotatable bonds is 4. The van der Waals surface area contributed by atoms with Crippen LogP contribution in [0.3, 0.4) is 0 Å². The van der Waals surface area contributed by atoms with E-state index in [2.05, 4.69) is 11.1 Å². The maximum Gasteiger partial charge on any atom is 0.227 e. The topological polar surface area (TPSA) is 38.1 Å². The lowest BCUT2D eigenvalue weighted by atomic mass is 10.1. The van der Waals surface area contributed by atoms with Crippen molar-refractivity contribution in [2.45, 2.75) is 25.8 Å². The Balaban J connectivity index is 1.71. The van der Waals surface area contributed by atoms with Crippen LogP contribution >= 0.6 is 0 Å². The minimum atomic E-state index is -0.305. The zero-order chi connectivity index (χ0) is 18.3. The van der Waals surface area contributed by atoms with Crippen molar-refractivity contribution in [3.05, 3.63) is 72.3 Å². The van der Waals surface area contributed by atoms with Crippen molar-refractivity contribution < 1.29 is 9.18 Å². The molecule has 1 aliphatic heterocycles. The second-order valence-corrected chi connectivity index (χ2v) is 6.88. The van der Waals surface area contributed by atoms with Gasteiger partial charge in [0.1, 0.15) is 11.6 Å². The first kappa shape index (κ1) is 16.5. The summed E-state index contributed by atoms with van der Waals surface area (Å²) in [5, 5.41) is 0. The summed E-state index contributed by atoms with van der Waals surface area (Å²) in [7, 11) is 0. The summed E-state index contributed by atoms with van der Waals surface area (Å²) in [6, 6.07) is 14.0. The number of carbonyl (C=O) groups is 1. The number of aromatic nitrogens is 2. The molecule has 1 atom stereocenters. The molecule has 0 saturated carbocycles. The predicted molar refractivity (Wildman–Crippen MR) is 101 cm³/mol. The number of amides is 1. The number of allylic oxidation sites excluding steroid dienone is 1. The fourth-order valence-corrected chi connectivity index (χ4v) is 3.59. The van der Waals surface area contributed by atoms with Crippen molar-refractivity contribution in [3.63, 3.8) is 0 Å². The molecule has 3 aromatic rings. The number of nitrogens with zero attached hydrogens (tertiary/aromatic N) is 3. The van der Waals surface area contributed by atoms with E-state index >= 15 is 0 Å². The number of para-hydroxylation sites is 2. The molecule has 5 heteroatoms. The predicted octanol–water partition coefficient (Wildman–Crippen LogP) is 4.27. The van der Waals surface area contributed by atoms with E-state index in [1.807, 2.05) is 31.2 Å². The molecule has 0 N–H and O–H groups in total. The molecule has 1 aromatic heterocycles. The lowest BCUT2D eigenvalue weighted by Crippen LogP contribution is -2.24. The van der Waals surface area contributed by atoms with Crippen molar-refractivity contribution in [3.8, 4) is 0 Å². The number of halogens is 1. The van der Waals surface area contributed by atoms with Gasteiger partial charge in [-0.2, -0.15) is 0 Å². The van der Waals surface area contributed by atoms with Crippen LogP contribution in [0.25, 0.3) is 11.0 Å². The number of hydrogen-bond donors (Lipinski definition) is 0. The molecule has 0 radical (unpaired) electrons. The Hall–Kier alpha value is -2.95. The van der Waals surface area contributed by atoms with Gasteiger partial charge in [0.05, 0.1) is 11.0 Å². The van der Waals surface area contributed by atoms with Crippen LogP contribution in [0.2, 0.25) is 0 Å². The van der Waals surface area contributed by atoms with Gasteiger partial charge in [0, 0.05) is 31.1 Å². The van der Waals surface area contributed by atoms with Crippen LogP contribution in [-0.4, -0.2) is 22.0 Å². The lowest BCUT2D eigenvalue weighted by molar-refractivity contribution is -0.117. The zero-order valence-corrected chi connectivity index (χ0v) is 14.7. The highest BCUT2D eigenvalue weighted by Crippen LogP contribution is 2.33. The van der Waals surface area contributed by atoms with E-state index in [1.54, 1.807) is 17.0 Å². The SMILES string of the molecule is C=C(C)Cn1c(C2CC(=O)N(c3ccc(F)cc3)C2)nc2ccccc21. The molecule has 1 amide bonds. The van der Waals surface area contributed by atoms with Crippen LogP contribution in [0, 0.1) is 5.82 Å². The maximum absolute atomic E-state index is 13.2. The normalized spacial score (nSPS) is 17.2. The van der Waals surface area contributed by atoms with Crippen molar-refractivity contribution in [2.75, 3.05) is 11.4 Å². The summed E-state index contributed by atoms with van der Waals surface area (Å²) in [5.74, 6) is 0.641. The quantitative estimate of drug-likeness (QED) is 0.660. The number of carbonyl (C=O) groups excluding carboxylic acids is 1. The molecule has 1 fully saturated rings. The van der Waals surface area contributed by atoms with Gasteiger partial charge in [0.15, 0.2) is 0 Å². The summed E-state index contributed by atoms with van der Waals surface area (Å²) in [6.07, 6.45) is 0.400. The number of imidazole rings is 1. The van der Waals surface area contributed by atoms with Gasteiger partial charge in [-0.1, -0.05) is 24.3 Å². The Labute approximate surface area is 151 Å². The zero-order valence-electron chi connectivity index (χ0n) is 14.7. The van der Waals surface area contributed by atoms with E-state index in [9.17, 15) is 9.18 Å². The first-order valence-corrected chi connectivity index (χ1v) is 8.68. The van der Waals surface area contributed by atoms with Gasteiger partial charge in [-0.3, -0.25) is 4.79 Å². The second-order valence-electron chi connectivity index (χ2n) is 6.88. The monoisotopic (exact) mass is 349 g/mol. The first-order valence-electron chi connectivity index (χ1n) is 8.68. The van der Waals surface area contributed by atoms with Crippen LogP contribution in [-0.2, 0) is 11.3 Å². The van der Waals surface area contributed by atoms with Crippen molar-refractivity contribution in [2.24, 2.45) is 0 Å². The molecule has 2 aromatic carbocycles. The van der Waals surface area contributed by atoms with Crippen molar-refractivity contribution in [1.82, 2.24) is 9.55 Å². The third-order valence-corrected chi connectivity index (χ3v) is 4.74. The molecular formula is C21H20FN3O. The van der Waals surface area contributed by atoms with Gasteiger partial charge in [0.25, 0.3) is 0 Å². The molecule has 132 valence electrons. The maximum atomic E-state index is 13.2. The Morgan fingerprint density at radius 2 is 1.96 bits per heavy atom. The summed E-state index contributed by atoms with van der Waals surface area (Å²) in [6.45, 7) is 7.24. The molecule has 0 bridgehead atoms. The number of benzene rings is 2. The fraction of sp³-hybridized carbons (Fsp3) is 0.238. The summed E-state index contributed by atoms with van der Waals surface area (Å²) < 4.78 is 15.3. The highest BCUT2D eigenvalue weighted by Gasteiger charge is 2.34. The van der Waals surface area contributed by atoms with E-state index < -0.39 is 0 Å². The summed E-state index contributed by atoms with van der Waals surface area (Å²) in [5.41, 5.74) is 3.74. The molecular weight excluding hydrogens is 329 g/mol. The lowest BCUT2D eigenvalue weighted by Gasteiger charge is -2.17. The second kappa shape index (κ2) is 6.41. The third kappa shape index (κ3) is 2.90. The molecule has 2 heterocycles. The van der Waals surface area contributed by atoms with E-state index in [-0.39, 0.29) is 17.6 Å². The van der Waals surface area contributed by atoms with Gasteiger partial charge in [-0.15, -0.1) is 0 Å². The molecule has 4 rings (SSSR count). The number of fused-ring (bicyclic) bond motifs is 1. The van der Waals surface area contributed by atoms with E-state index in [0.717, 1.165) is 28.1 Å². The molecule has 0 aliphatic carbocycles. The Morgan fingerprint density at radius 1 is 1.23 bits per heavy atom. The molecule has 0 spiro atoms. The molecule has 1 aliphatic rings. The average Bonchev–Trinajstić information content (AvgIpc) is 3.16. The van der Waals surface area contributed by atoms with Crippen LogP contribution in [0.4, 0.5) is 10.1 Å². The highest BCUT2D eigenvalue weighted by molar-refractivity contribution is 5.96. The first-order chi connectivity index (χ1) is 12.5. The van der Waals surface area contributed by atoms with Gasteiger partial charge < -0.3 is 9.47 Å². The van der Waals surface area contributed by atoms with Crippen LogP contribution < -0.4 is 4.90 Å². The standard InChI is InChI=1S/C21H20FN3O/c1-14(2)12-25-19-6-4-3-5-18(19)23-21(25)15-11-20(26)24(13-15)17-9-7-16(22)8-10-17/h3-10,15H,1,11-13H2,2H3. The van der Waals surface area contributed by atoms with Crippen LogP contribution in [0.1, 0.15) is 25.1 Å². The van der Waals surface area contributed by atoms with E-state index in [4.69, 9.17) is 4.98 Å². The summed E-state index contributed by atoms with van der Waals surface area (Å²) >= 11 is 0. The van der Waals surface area contributed by atoms with Gasteiger partial charge in [0.2, 0.25) is 5.91 Å². The van der Waals surface area contributed by atoms with Crippen molar-refractivity contribution >= 4 is 22.6 Å². The Kier molecular flexibility index (Phi) is 4.07.